The molecule has 0 fully saturated rings. The summed E-state index contributed by atoms with van der Waals surface area (Å²) >= 11 is 1.38. The molecule has 2 heterocycles. The molecule has 2 aromatic rings. The maximum absolute atomic E-state index is 12.1. The number of hydrogen-bond acceptors (Lipinski definition) is 5. The van der Waals surface area contributed by atoms with Gasteiger partial charge in [-0.3, -0.25) is 14.2 Å². The lowest BCUT2D eigenvalue weighted by atomic mass is 10.1. The Bertz CT molecular complexity index is 747. The molecule has 112 valence electrons. The summed E-state index contributed by atoms with van der Waals surface area (Å²) < 4.78 is 1.35. The summed E-state index contributed by atoms with van der Waals surface area (Å²) in [6.45, 7) is 2.95. The maximum Gasteiger partial charge on any atom is 0.328 e. The van der Waals surface area contributed by atoms with Gasteiger partial charge in [0, 0.05) is 13.0 Å². The van der Waals surface area contributed by atoms with Crippen LogP contribution in [-0.2, 0) is 16.1 Å². The summed E-state index contributed by atoms with van der Waals surface area (Å²) in [6, 6.07) is 1.69. The number of nitrogens with one attached hydrogen (secondary N) is 1. The molecule has 0 saturated heterocycles. The Labute approximate surface area is 124 Å². The topological polar surface area (TPSA) is 101 Å². The number of carboxylic acids is 1. The SMILES string of the molecule is CC(C)(NC(=O)CCn1cnc2sccc2c1=O)C(=O)O. The fourth-order valence-electron chi connectivity index (χ4n) is 1.74. The Hall–Kier alpha value is -2.22. The number of nitrogens with zero attached hydrogens (tertiary/aromatic N) is 2. The summed E-state index contributed by atoms with van der Waals surface area (Å²) in [4.78, 5) is 39.6. The highest BCUT2D eigenvalue weighted by Crippen LogP contribution is 2.13. The van der Waals surface area contributed by atoms with E-state index in [0.717, 1.165) is 0 Å². The molecule has 7 nitrogen and oxygen atoms in total. The number of fused-ring (bicyclic) bond motifs is 1. The highest BCUT2D eigenvalue weighted by atomic mass is 32.1. The molecule has 0 aliphatic carbocycles. The molecule has 0 aromatic carbocycles. The summed E-state index contributed by atoms with van der Waals surface area (Å²) in [5, 5.41) is 13.6. The number of aliphatic carboxylic acids is 1. The number of hydrogen-bond donors (Lipinski definition) is 2. The Morgan fingerprint density at radius 1 is 1.48 bits per heavy atom. The fourth-order valence-corrected chi connectivity index (χ4v) is 2.46. The fraction of sp³-hybridized carbons (Fsp3) is 0.385. The molecular weight excluding hydrogens is 294 g/mol. The van der Waals surface area contributed by atoms with Gasteiger partial charge in [-0.1, -0.05) is 0 Å². The molecular formula is C13H15N3O4S. The van der Waals surface area contributed by atoms with Crippen LogP contribution in [-0.4, -0.2) is 32.1 Å². The first-order valence-corrected chi connectivity index (χ1v) is 7.16. The van der Waals surface area contributed by atoms with Crippen molar-refractivity contribution in [1.82, 2.24) is 14.9 Å². The molecule has 2 N–H and O–H groups in total. The van der Waals surface area contributed by atoms with E-state index in [2.05, 4.69) is 10.3 Å². The number of carboxylic acid groups (broad SMARTS) is 1. The predicted octanol–water partition coefficient (Wildman–Crippen LogP) is 0.827. The predicted molar refractivity (Wildman–Crippen MR) is 78.4 cm³/mol. The van der Waals surface area contributed by atoms with Crippen molar-refractivity contribution in [2.45, 2.75) is 32.4 Å². The van der Waals surface area contributed by atoms with Gasteiger partial charge in [-0.25, -0.2) is 9.78 Å². The summed E-state index contributed by atoms with van der Waals surface area (Å²) in [5.74, 6) is -1.55. The van der Waals surface area contributed by atoms with Crippen LogP contribution in [0.4, 0.5) is 0 Å². The van der Waals surface area contributed by atoms with Gasteiger partial charge in [-0.15, -0.1) is 11.3 Å². The van der Waals surface area contributed by atoms with Crippen LogP contribution < -0.4 is 10.9 Å². The Morgan fingerprint density at radius 3 is 2.86 bits per heavy atom. The van der Waals surface area contributed by atoms with Crippen LogP contribution in [0.3, 0.4) is 0 Å². The van der Waals surface area contributed by atoms with Crippen molar-refractivity contribution >= 4 is 33.4 Å². The molecule has 0 saturated carbocycles. The van der Waals surface area contributed by atoms with E-state index >= 15 is 0 Å². The molecule has 0 spiro atoms. The maximum atomic E-state index is 12.1. The van der Waals surface area contributed by atoms with Crippen molar-refractivity contribution in [3.63, 3.8) is 0 Å². The largest absolute Gasteiger partial charge is 0.480 e. The van der Waals surface area contributed by atoms with Gasteiger partial charge in [0.1, 0.15) is 10.4 Å². The minimum atomic E-state index is -1.34. The lowest BCUT2D eigenvalue weighted by Gasteiger charge is -2.20. The van der Waals surface area contributed by atoms with Gasteiger partial charge in [-0.2, -0.15) is 0 Å². The van der Waals surface area contributed by atoms with Crippen LogP contribution in [0.5, 0.6) is 0 Å². The molecule has 0 atom stereocenters. The first-order valence-electron chi connectivity index (χ1n) is 6.28. The zero-order valence-electron chi connectivity index (χ0n) is 11.6. The number of thiophene rings is 1. The standard InChI is InChI=1S/C13H15N3O4S/c1-13(2,12(19)20)15-9(17)3-5-16-7-14-10-8(11(16)18)4-6-21-10/h4,6-7H,3,5H2,1-2H3,(H,15,17)(H,19,20). The number of aryl methyl sites for hydroxylation is 1. The number of aromatic nitrogens is 2. The summed E-state index contributed by atoms with van der Waals surface area (Å²) in [7, 11) is 0. The summed E-state index contributed by atoms with van der Waals surface area (Å²) in [5.41, 5.74) is -1.54. The van der Waals surface area contributed by atoms with Crippen molar-refractivity contribution < 1.29 is 14.7 Å². The molecule has 0 radical (unpaired) electrons. The van der Waals surface area contributed by atoms with Crippen LogP contribution in [0, 0.1) is 0 Å². The molecule has 21 heavy (non-hydrogen) atoms. The molecule has 8 heteroatoms. The van der Waals surface area contributed by atoms with E-state index < -0.39 is 17.4 Å². The second-order valence-corrected chi connectivity index (χ2v) is 6.01. The van der Waals surface area contributed by atoms with Gasteiger partial charge in [0.05, 0.1) is 11.7 Å². The van der Waals surface area contributed by atoms with Crippen molar-refractivity contribution in [3.05, 3.63) is 28.1 Å². The van der Waals surface area contributed by atoms with Gasteiger partial charge in [-0.05, 0) is 25.3 Å². The first-order chi connectivity index (χ1) is 9.81. The number of rotatable bonds is 5. The normalized spacial score (nSPS) is 11.5. The third kappa shape index (κ3) is 3.27. The minimum Gasteiger partial charge on any atom is -0.480 e. The number of carbonyl (C=O) groups excluding carboxylic acids is 1. The van der Waals surface area contributed by atoms with Gasteiger partial charge >= 0.3 is 5.97 Å². The first kappa shape index (κ1) is 15.2. The van der Waals surface area contributed by atoms with Crippen LogP contribution in [0.25, 0.3) is 10.2 Å². The number of amides is 1. The summed E-state index contributed by atoms with van der Waals surface area (Å²) in [6.07, 6.45) is 1.41. The Morgan fingerprint density at radius 2 is 2.19 bits per heavy atom. The highest BCUT2D eigenvalue weighted by molar-refractivity contribution is 7.16. The van der Waals surface area contributed by atoms with Crippen LogP contribution >= 0.6 is 11.3 Å². The second-order valence-electron chi connectivity index (χ2n) is 5.11. The van der Waals surface area contributed by atoms with Crippen molar-refractivity contribution in [3.8, 4) is 0 Å². The lowest BCUT2D eigenvalue weighted by Crippen LogP contribution is -2.49. The van der Waals surface area contributed by atoms with Gasteiger partial charge in [0.2, 0.25) is 5.91 Å². The van der Waals surface area contributed by atoms with Crippen LogP contribution in [0.15, 0.2) is 22.6 Å². The van der Waals surface area contributed by atoms with Gasteiger partial charge < -0.3 is 10.4 Å². The molecule has 0 unspecified atom stereocenters. The molecule has 0 aliphatic rings. The van der Waals surface area contributed by atoms with E-state index in [1.54, 1.807) is 11.4 Å². The Balaban J connectivity index is 2.05. The molecule has 2 aromatic heterocycles. The van der Waals surface area contributed by atoms with Crippen molar-refractivity contribution in [2.24, 2.45) is 0 Å². The van der Waals surface area contributed by atoms with E-state index in [-0.39, 0.29) is 18.5 Å². The van der Waals surface area contributed by atoms with E-state index in [1.807, 2.05) is 0 Å². The zero-order chi connectivity index (χ0) is 15.6. The van der Waals surface area contributed by atoms with Crippen molar-refractivity contribution in [2.75, 3.05) is 0 Å². The average Bonchev–Trinajstić information content (AvgIpc) is 2.86. The number of carbonyl (C=O) groups is 2. The van der Waals surface area contributed by atoms with E-state index in [4.69, 9.17) is 5.11 Å². The molecule has 0 aliphatic heterocycles. The van der Waals surface area contributed by atoms with E-state index in [1.165, 1.54) is 36.1 Å². The highest BCUT2D eigenvalue weighted by Gasteiger charge is 2.28. The van der Waals surface area contributed by atoms with E-state index in [0.29, 0.717) is 10.2 Å². The zero-order valence-corrected chi connectivity index (χ0v) is 12.4. The smallest absolute Gasteiger partial charge is 0.328 e. The third-order valence-corrected chi connectivity index (χ3v) is 3.84. The lowest BCUT2D eigenvalue weighted by molar-refractivity contribution is -0.146. The molecule has 0 bridgehead atoms. The van der Waals surface area contributed by atoms with Gasteiger partial charge in [0.25, 0.3) is 5.56 Å². The van der Waals surface area contributed by atoms with Crippen molar-refractivity contribution in [1.29, 1.82) is 0 Å². The van der Waals surface area contributed by atoms with E-state index in [9.17, 15) is 14.4 Å². The monoisotopic (exact) mass is 309 g/mol. The second kappa shape index (κ2) is 5.65. The third-order valence-electron chi connectivity index (χ3n) is 3.02. The quantitative estimate of drug-likeness (QED) is 0.852. The minimum absolute atomic E-state index is 0.00788. The molecule has 1 amide bonds. The van der Waals surface area contributed by atoms with Crippen LogP contribution in [0.2, 0.25) is 0 Å². The van der Waals surface area contributed by atoms with Crippen LogP contribution in [0.1, 0.15) is 20.3 Å². The average molecular weight is 309 g/mol. The molecule has 2 rings (SSSR count). The Kier molecular flexibility index (Phi) is 4.08. The van der Waals surface area contributed by atoms with Gasteiger partial charge in [0.15, 0.2) is 0 Å².